The molecule has 2 unspecified atom stereocenters. The minimum Gasteiger partial charge on any atom is -0.362 e. The van der Waals surface area contributed by atoms with Crippen LogP contribution in [0.1, 0.15) is 91.2 Å². The first-order chi connectivity index (χ1) is 25.6. The standard InChI is InChI=1S/C50H55BN2/c1-49(2,3)38-28-30-40(34-52-44-25-15-13-23-41(44)35-18-9-7-10-19-35)51-43-31-29-39(50(4,5)6)33-47(43)53(46-27-17-22-37(32-38)48(46)51)45-26-16-14-24-42(45)36-20-11-8-12-21-36/h7,9-11,13,15,17-20,22-23,25-34,36,42,52H,8,12,14,16,21,24H2,1-6H3/b30-28?,38-32?,40-34+. The van der Waals surface area contributed by atoms with Crippen LogP contribution in [0.5, 0.6) is 0 Å². The van der Waals surface area contributed by atoms with Gasteiger partial charge in [0.25, 0.3) is 0 Å². The van der Waals surface area contributed by atoms with Crippen LogP contribution in [0, 0.1) is 17.3 Å². The lowest BCUT2D eigenvalue weighted by Gasteiger charge is -2.44. The van der Waals surface area contributed by atoms with Gasteiger partial charge in [0.2, 0.25) is 6.71 Å². The summed E-state index contributed by atoms with van der Waals surface area (Å²) in [4.78, 5) is 2.72. The van der Waals surface area contributed by atoms with E-state index in [9.17, 15) is 0 Å². The topological polar surface area (TPSA) is 15.3 Å². The Morgan fingerprint density at radius 1 is 0.755 bits per heavy atom. The molecule has 0 bridgehead atoms. The van der Waals surface area contributed by atoms with Gasteiger partial charge in [-0.15, -0.1) is 0 Å². The van der Waals surface area contributed by atoms with Crippen LogP contribution in [-0.4, -0.2) is 6.71 Å². The van der Waals surface area contributed by atoms with Gasteiger partial charge in [0.1, 0.15) is 0 Å². The quantitative estimate of drug-likeness (QED) is 0.165. The van der Waals surface area contributed by atoms with Gasteiger partial charge in [0.15, 0.2) is 0 Å². The third-order valence-corrected chi connectivity index (χ3v) is 12.0. The van der Waals surface area contributed by atoms with Crippen LogP contribution in [0.4, 0.5) is 17.1 Å². The third-order valence-electron chi connectivity index (χ3n) is 12.0. The van der Waals surface area contributed by atoms with Gasteiger partial charge in [0.05, 0.1) is 0 Å². The second-order valence-electron chi connectivity index (χ2n) is 17.6. The first kappa shape index (κ1) is 35.3. The van der Waals surface area contributed by atoms with E-state index in [0.29, 0.717) is 11.8 Å². The van der Waals surface area contributed by atoms with E-state index in [-0.39, 0.29) is 17.5 Å². The normalized spacial score (nSPS) is 20.6. The Morgan fingerprint density at radius 3 is 2.32 bits per heavy atom. The van der Waals surface area contributed by atoms with Gasteiger partial charge in [-0.2, -0.15) is 0 Å². The molecule has 4 aromatic carbocycles. The molecule has 2 aliphatic heterocycles. The highest BCUT2D eigenvalue weighted by atomic mass is 15.2. The molecule has 0 saturated heterocycles. The van der Waals surface area contributed by atoms with Crippen molar-refractivity contribution in [1.82, 2.24) is 0 Å². The molecule has 268 valence electrons. The van der Waals surface area contributed by atoms with E-state index in [1.165, 1.54) is 93.4 Å². The number of nitrogens with zero attached hydrogens (tertiary/aromatic N) is 1. The van der Waals surface area contributed by atoms with E-state index in [1.54, 1.807) is 0 Å². The Morgan fingerprint density at radius 2 is 1.55 bits per heavy atom. The van der Waals surface area contributed by atoms with Gasteiger partial charge in [0, 0.05) is 34.2 Å². The lowest BCUT2D eigenvalue weighted by atomic mass is 9.33. The van der Waals surface area contributed by atoms with Crippen molar-refractivity contribution in [2.75, 3.05) is 10.2 Å². The largest absolute Gasteiger partial charge is 0.362 e. The van der Waals surface area contributed by atoms with E-state index < -0.39 is 0 Å². The molecule has 53 heavy (non-hydrogen) atoms. The summed E-state index contributed by atoms with van der Waals surface area (Å²) in [6.45, 7) is 14.1. The predicted octanol–water partition coefficient (Wildman–Crippen LogP) is 12.3. The summed E-state index contributed by atoms with van der Waals surface area (Å²) in [5.41, 5.74) is 15.8. The summed E-state index contributed by atoms with van der Waals surface area (Å²) in [6.07, 6.45) is 24.6. The van der Waals surface area contributed by atoms with E-state index >= 15 is 0 Å². The smallest absolute Gasteiger partial charge is 0.249 e. The predicted molar refractivity (Wildman–Crippen MR) is 231 cm³/mol. The van der Waals surface area contributed by atoms with E-state index in [0.717, 1.165) is 12.1 Å². The molecular formula is C50H55BN2. The summed E-state index contributed by atoms with van der Waals surface area (Å²) >= 11 is 0. The molecule has 0 radical (unpaired) electrons. The van der Waals surface area contributed by atoms with Crippen LogP contribution < -0.4 is 21.1 Å². The maximum Gasteiger partial charge on any atom is 0.249 e. The minimum atomic E-state index is -0.0112. The van der Waals surface area contributed by atoms with Crippen LogP contribution in [0.25, 0.3) is 17.2 Å². The summed E-state index contributed by atoms with van der Waals surface area (Å²) in [6, 6.07) is 33.9. The van der Waals surface area contributed by atoms with Crippen molar-refractivity contribution >= 4 is 40.8 Å². The number of para-hydroxylation sites is 1. The molecule has 0 aromatic heterocycles. The Balaban J connectivity index is 1.36. The molecule has 0 spiro atoms. The Hall–Kier alpha value is -4.76. The maximum atomic E-state index is 3.85. The monoisotopic (exact) mass is 694 g/mol. The average molecular weight is 695 g/mol. The third kappa shape index (κ3) is 6.92. The average Bonchev–Trinajstić information content (AvgIpc) is 3.15. The van der Waals surface area contributed by atoms with Crippen LogP contribution in [-0.2, 0) is 5.41 Å². The number of anilines is 3. The maximum absolute atomic E-state index is 3.85. The fourth-order valence-corrected chi connectivity index (χ4v) is 9.05. The molecule has 2 nitrogen and oxygen atoms in total. The van der Waals surface area contributed by atoms with Gasteiger partial charge >= 0.3 is 0 Å². The highest BCUT2D eigenvalue weighted by molar-refractivity contribution is 6.94. The van der Waals surface area contributed by atoms with Crippen molar-refractivity contribution in [3.05, 3.63) is 155 Å². The summed E-state index contributed by atoms with van der Waals surface area (Å²) in [7, 11) is 0. The molecule has 2 aliphatic carbocycles. The number of allylic oxidation sites excluding steroid dienone is 8. The Kier molecular flexibility index (Phi) is 9.48. The number of hydrogen-bond acceptors (Lipinski definition) is 2. The fourth-order valence-electron chi connectivity index (χ4n) is 9.05. The van der Waals surface area contributed by atoms with E-state index in [2.05, 4.69) is 185 Å². The SMILES string of the molecule is CC(C)(C)C1=Cc2cccc3c2B(/C(=C/Nc2ccccc2-c2ccccc2)C=C1)c1ccc(C(C)(C)C)cc1N3C1=CCCCC1C1C=CCCC1. The molecular weight excluding hydrogens is 639 g/mol. The minimum absolute atomic E-state index is 0.0112. The van der Waals surface area contributed by atoms with Gasteiger partial charge < -0.3 is 10.2 Å². The van der Waals surface area contributed by atoms with Crippen molar-refractivity contribution in [2.45, 2.75) is 85.5 Å². The molecule has 2 atom stereocenters. The highest BCUT2D eigenvalue weighted by Crippen LogP contribution is 2.45. The number of nitrogens with one attached hydrogen (secondary N) is 1. The van der Waals surface area contributed by atoms with Gasteiger partial charge in [-0.05, 0) is 113 Å². The first-order valence-corrected chi connectivity index (χ1v) is 20.0. The van der Waals surface area contributed by atoms with Crippen LogP contribution in [0.3, 0.4) is 0 Å². The lowest BCUT2D eigenvalue weighted by molar-refractivity contribution is 0.360. The van der Waals surface area contributed by atoms with Crippen molar-refractivity contribution in [1.29, 1.82) is 0 Å². The Labute approximate surface area is 319 Å². The Bertz CT molecular complexity index is 2150. The highest BCUT2D eigenvalue weighted by Gasteiger charge is 2.41. The van der Waals surface area contributed by atoms with Crippen molar-refractivity contribution in [3.8, 4) is 11.1 Å². The first-order valence-electron chi connectivity index (χ1n) is 20.0. The zero-order chi connectivity index (χ0) is 36.7. The zero-order valence-electron chi connectivity index (χ0n) is 32.6. The molecule has 1 N–H and O–H groups in total. The molecule has 0 amide bonds. The van der Waals surface area contributed by atoms with Crippen LogP contribution in [0.2, 0.25) is 0 Å². The number of hydrogen-bond donors (Lipinski definition) is 1. The van der Waals surface area contributed by atoms with Gasteiger partial charge in [-0.1, -0.05) is 156 Å². The van der Waals surface area contributed by atoms with Crippen LogP contribution >= 0.6 is 0 Å². The van der Waals surface area contributed by atoms with Gasteiger partial charge in [-0.3, -0.25) is 0 Å². The van der Waals surface area contributed by atoms with Crippen molar-refractivity contribution < 1.29 is 0 Å². The summed E-state index contributed by atoms with van der Waals surface area (Å²) in [5.74, 6) is 1.10. The van der Waals surface area contributed by atoms with Crippen LogP contribution in [0.15, 0.2) is 144 Å². The number of fused-ring (bicyclic) bond motifs is 2. The second-order valence-corrected chi connectivity index (χ2v) is 17.6. The zero-order valence-corrected chi connectivity index (χ0v) is 32.6. The molecule has 8 rings (SSSR count). The molecule has 4 aliphatic rings. The summed E-state index contributed by atoms with van der Waals surface area (Å²) in [5, 5.41) is 3.85. The fraction of sp³-hybridized carbons (Fsp3) is 0.320. The summed E-state index contributed by atoms with van der Waals surface area (Å²) < 4.78 is 0. The lowest BCUT2D eigenvalue weighted by Crippen LogP contribution is -2.54. The van der Waals surface area contributed by atoms with Crippen molar-refractivity contribution in [3.63, 3.8) is 0 Å². The van der Waals surface area contributed by atoms with Gasteiger partial charge in [-0.25, -0.2) is 0 Å². The second kappa shape index (κ2) is 14.2. The molecule has 2 heterocycles. The van der Waals surface area contributed by atoms with E-state index in [1.807, 2.05) is 0 Å². The molecule has 4 aromatic rings. The molecule has 0 fully saturated rings. The molecule has 0 saturated carbocycles. The van der Waals surface area contributed by atoms with Crippen molar-refractivity contribution in [2.24, 2.45) is 17.3 Å². The van der Waals surface area contributed by atoms with E-state index in [4.69, 9.17) is 0 Å². The molecule has 3 heteroatoms. The number of rotatable bonds is 5. The number of benzene rings is 4.